The fourth-order valence-electron chi connectivity index (χ4n) is 1.76. The van der Waals surface area contributed by atoms with Gasteiger partial charge in [-0.2, -0.15) is 5.10 Å². The van der Waals surface area contributed by atoms with Crippen LogP contribution in [-0.2, 0) is 9.53 Å². The Balaban J connectivity index is 2.02. The van der Waals surface area contributed by atoms with E-state index in [0.717, 1.165) is 31.7 Å². The number of nitrogens with zero attached hydrogens (tertiary/aromatic N) is 2. The zero-order chi connectivity index (χ0) is 10.7. The van der Waals surface area contributed by atoms with Crippen LogP contribution in [0.4, 0.5) is 5.69 Å². The van der Waals surface area contributed by atoms with Crippen LogP contribution in [0.1, 0.15) is 25.8 Å². The fourth-order valence-corrected chi connectivity index (χ4v) is 1.76. The highest BCUT2D eigenvalue weighted by Crippen LogP contribution is 2.21. The first-order valence-electron chi connectivity index (χ1n) is 5.15. The van der Waals surface area contributed by atoms with E-state index >= 15 is 0 Å². The Morgan fingerprint density at radius 3 is 3.00 bits per heavy atom. The molecule has 0 saturated carbocycles. The molecule has 1 aliphatic heterocycles. The zero-order valence-electron chi connectivity index (χ0n) is 8.77. The van der Waals surface area contributed by atoms with Gasteiger partial charge in [-0.15, -0.1) is 0 Å². The topological polar surface area (TPSA) is 56.2 Å². The van der Waals surface area contributed by atoms with E-state index in [0.29, 0.717) is 6.04 Å². The highest BCUT2D eigenvalue weighted by molar-refractivity contribution is 5.88. The van der Waals surface area contributed by atoms with Gasteiger partial charge in [-0.1, -0.05) is 0 Å². The molecule has 1 saturated heterocycles. The van der Waals surface area contributed by atoms with Crippen molar-refractivity contribution in [3.8, 4) is 0 Å². The van der Waals surface area contributed by atoms with Crippen molar-refractivity contribution in [2.75, 3.05) is 18.5 Å². The maximum atomic E-state index is 10.8. The molecule has 0 atom stereocenters. The zero-order valence-corrected chi connectivity index (χ0v) is 8.77. The van der Waals surface area contributed by atoms with Gasteiger partial charge in [0.25, 0.3) is 0 Å². The number of ether oxygens (including phenoxy) is 1. The summed E-state index contributed by atoms with van der Waals surface area (Å²) in [6, 6.07) is 0.404. The molecule has 5 nitrogen and oxygen atoms in total. The van der Waals surface area contributed by atoms with Crippen LogP contribution in [0.3, 0.4) is 0 Å². The van der Waals surface area contributed by atoms with Crippen molar-refractivity contribution >= 4 is 11.6 Å². The van der Waals surface area contributed by atoms with Crippen molar-refractivity contribution < 1.29 is 9.53 Å². The molecule has 1 aliphatic rings. The molecule has 1 fully saturated rings. The Morgan fingerprint density at radius 1 is 1.60 bits per heavy atom. The average molecular weight is 209 g/mol. The molecular weight excluding hydrogens is 194 g/mol. The minimum atomic E-state index is -0.0680. The van der Waals surface area contributed by atoms with Crippen molar-refractivity contribution in [1.29, 1.82) is 0 Å². The number of nitrogens with one attached hydrogen (secondary N) is 1. The second kappa shape index (κ2) is 4.44. The van der Waals surface area contributed by atoms with Crippen LogP contribution in [0, 0.1) is 0 Å². The molecule has 0 spiro atoms. The first-order valence-corrected chi connectivity index (χ1v) is 5.15. The van der Waals surface area contributed by atoms with Gasteiger partial charge in [0.05, 0.1) is 17.9 Å². The predicted octanol–water partition coefficient (Wildman–Crippen LogP) is 1.19. The number of anilines is 1. The van der Waals surface area contributed by atoms with Gasteiger partial charge in [0, 0.05) is 26.3 Å². The van der Waals surface area contributed by atoms with Gasteiger partial charge in [0.2, 0.25) is 5.91 Å². The average Bonchev–Trinajstić information content (AvgIpc) is 2.67. The van der Waals surface area contributed by atoms with E-state index < -0.39 is 0 Å². The summed E-state index contributed by atoms with van der Waals surface area (Å²) in [6.07, 6.45) is 5.52. The highest BCUT2D eigenvalue weighted by Gasteiger charge is 2.16. The molecule has 1 amide bonds. The number of hydrogen-bond acceptors (Lipinski definition) is 3. The van der Waals surface area contributed by atoms with E-state index in [9.17, 15) is 4.79 Å². The third kappa shape index (κ3) is 2.56. The summed E-state index contributed by atoms with van der Waals surface area (Å²) in [5.41, 5.74) is 0.758. The predicted molar refractivity (Wildman–Crippen MR) is 55.6 cm³/mol. The second-order valence-electron chi connectivity index (χ2n) is 3.73. The molecule has 0 aliphatic carbocycles. The summed E-state index contributed by atoms with van der Waals surface area (Å²) < 4.78 is 7.19. The van der Waals surface area contributed by atoms with E-state index in [1.54, 1.807) is 6.20 Å². The lowest BCUT2D eigenvalue weighted by atomic mass is 10.1. The fraction of sp³-hybridized carbons (Fsp3) is 0.600. The molecule has 0 radical (unpaired) electrons. The molecular formula is C10H15N3O2. The number of carbonyl (C=O) groups is 1. The Labute approximate surface area is 88.4 Å². The summed E-state index contributed by atoms with van der Waals surface area (Å²) in [7, 11) is 0. The molecule has 15 heavy (non-hydrogen) atoms. The maximum Gasteiger partial charge on any atom is 0.221 e. The molecule has 2 rings (SSSR count). The van der Waals surface area contributed by atoms with E-state index in [2.05, 4.69) is 10.4 Å². The molecule has 0 unspecified atom stereocenters. The van der Waals surface area contributed by atoms with E-state index in [4.69, 9.17) is 4.74 Å². The summed E-state index contributed by atoms with van der Waals surface area (Å²) in [4.78, 5) is 10.8. The highest BCUT2D eigenvalue weighted by atomic mass is 16.5. The first kappa shape index (κ1) is 10.2. The van der Waals surface area contributed by atoms with Gasteiger partial charge in [-0.3, -0.25) is 9.48 Å². The van der Waals surface area contributed by atoms with Crippen LogP contribution >= 0.6 is 0 Å². The number of rotatable bonds is 2. The minimum Gasteiger partial charge on any atom is -0.381 e. The Bertz CT molecular complexity index is 342. The third-order valence-electron chi connectivity index (χ3n) is 2.49. The molecule has 0 aromatic carbocycles. The van der Waals surface area contributed by atoms with E-state index in [1.807, 2.05) is 10.9 Å². The van der Waals surface area contributed by atoms with Crippen LogP contribution in [0.25, 0.3) is 0 Å². The summed E-state index contributed by atoms with van der Waals surface area (Å²) in [6.45, 7) is 3.08. The van der Waals surface area contributed by atoms with Crippen LogP contribution in [0.2, 0.25) is 0 Å². The van der Waals surface area contributed by atoms with Gasteiger partial charge in [0.15, 0.2) is 0 Å². The summed E-state index contributed by atoms with van der Waals surface area (Å²) in [5.74, 6) is -0.0680. The monoisotopic (exact) mass is 209 g/mol. The standard InChI is InChI=1S/C10H15N3O2/c1-8(14)12-9-6-11-13(7-9)10-2-4-15-5-3-10/h6-7,10H,2-5H2,1H3,(H,12,14). The van der Waals surface area contributed by atoms with Crippen LogP contribution < -0.4 is 5.32 Å². The van der Waals surface area contributed by atoms with Gasteiger partial charge in [-0.25, -0.2) is 0 Å². The number of aromatic nitrogens is 2. The lowest BCUT2D eigenvalue weighted by molar-refractivity contribution is -0.114. The first-order chi connectivity index (χ1) is 7.25. The maximum absolute atomic E-state index is 10.8. The third-order valence-corrected chi connectivity index (χ3v) is 2.49. The molecule has 0 bridgehead atoms. The van der Waals surface area contributed by atoms with Crippen molar-refractivity contribution in [2.45, 2.75) is 25.8 Å². The molecule has 2 heterocycles. The lowest BCUT2D eigenvalue weighted by Crippen LogP contribution is -2.19. The Kier molecular flexibility index (Phi) is 3.01. The summed E-state index contributed by atoms with van der Waals surface area (Å²) >= 11 is 0. The lowest BCUT2D eigenvalue weighted by Gasteiger charge is -2.22. The van der Waals surface area contributed by atoms with Crippen LogP contribution in [0.15, 0.2) is 12.4 Å². The van der Waals surface area contributed by atoms with Crippen molar-refractivity contribution in [1.82, 2.24) is 9.78 Å². The van der Waals surface area contributed by atoms with Crippen molar-refractivity contribution in [3.05, 3.63) is 12.4 Å². The SMILES string of the molecule is CC(=O)Nc1cnn(C2CCOCC2)c1. The Morgan fingerprint density at radius 2 is 2.33 bits per heavy atom. The molecule has 5 heteroatoms. The number of amides is 1. The van der Waals surface area contributed by atoms with Crippen LogP contribution in [0.5, 0.6) is 0 Å². The van der Waals surface area contributed by atoms with E-state index in [1.165, 1.54) is 6.92 Å². The molecule has 1 N–H and O–H groups in total. The minimum absolute atomic E-state index is 0.0680. The van der Waals surface area contributed by atoms with Crippen molar-refractivity contribution in [2.24, 2.45) is 0 Å². The molecule has 1 aromatic heterocycles. The second-order valence-corrected chi connectivity index (χ2v) is 3.73. The van der Waals surface area contributed by atoms with E-state index in [-0.39, 0.29) is 5.91 Å². The van der Waals surface area contributed by atoms with Gasteiger partial charge >= 0.3 is 0 Å². The quantitative estimate of drug-likeness (QED) is 0.796. The van der Waals surface area contributed by atoms with Gasteiger partial charge in [0.1, 0.15) is 0 Å². The smallest absolute Gasteiger partial charge is 0.221 e. The largest absolute Gasteiger partial charge is 0.381 e. The van der Waals surface area contributed by atoms with Gasteiger partial charge in [-0.05, 0) is 12.8 Å². The number of carbonyl (C=O) groups excluding carboxylic acids is 1. The Hall–Kier alpha value is -1.36. The summed E-state index contributed by atoms with van der Waals surface area (Å²) in [5, 5.41) is 6.95. The van der Waals surface area contributed by atoms with Crippen molar-refractivity contribution in [3.63, 3.8) is 0 Å². The number of hydrogen-bond donors (Lipinski definition) is 1. The van der Waals surface area contributed by atoms with Gasteiger partial charge < -0.3 is 10.1 Å². The van der Waals surface area contributed by atoms with Crippen LogP contribution in [-0.4, -0.2) is 28.9 Å². The molecule has 1 aromatic rings. The normalized spacial score (nSPS) is 17.7. The molecule has 82 valence electrons.